The third-order valence-electron chi connectivity index (χ3n) is 3.53. The Morgan fingerprint density at radius 2 is 2.00 bits per heavy atom. The average molecular weight is 252 g/mol. The first-order valence-electron chi connectivity index (χ1n) is 5.22. The summed E-state index contributed by atoms with van der Waals surface area (Å²) in [5, 5.41) is 10.2. The minimum atomic E-state index is -4.38. The van der Waals surface area contributed by atoms with Gasteiger partial charge in [0.25, 0.3) is 0 Å². The van der Waals surface area contributed by atoms with Gasteiger partial charge in [0.1, 0.15) is 11.4 Å². The highest BCUT2D eigenvalue weighted by Gasteiger charge is 2.70. The van der Waals surface area contributed by atoms with Crippen LogP contribution in [0.3, 0.4) is 0 Å². The molecule has 0 bridgehead atoms. The van der Waals surface area contributed by atoms with Crippen LogP contribution in [-0.4, -0.2) is 20.6 Å². The molecule has 0 radical (unpaired) electrons. The molecule has 0 saturated heterocycles. The summed E-state index contributed by atoms with van der Waals surface area (Å²) in [6, 6.07) is -4.38. The minimum Gasteiger partial charge on any atom is -0.381 e. The Bertz CT molecular complexity index is 435. The Kier molecular flexibility index (Phi) is 2.34. The summed E-state index contributed by atoms with van der Waals surface area (Å²) < 4.78 is 54.6. The van der Waals surface area contributed by atoms with E-state index < -0.39 is 29.3 Å². The van der Waals surface area contributed by atoms with Crippen LogP contribution in [0.25, 0.3) is 0 Å². The zero-order valence-electron chi connectivity index (χ0n) is 9.29. The normalized spacial score (nSPS) is 34.4. The van der Waals surface area contributed by atoms with Crippen molar-refractivity contribution in [2.75, 3.05) is 0 Å². The van der Waals surface area contributed by atoms with Crippen LogP contribution >= 0.6 is 0 Å². The van der Waals surface area contributed by atoms with Crippen molar-refractivity contribution in [2.45, 2.75) is 37.8 Å². The van der Waals surface area contributed by atoms with Gasteiger partial charge < -0.3 is 5.11 Å². The maximum atomic E-state index is 13.7. The molecule has 0 spiro atoms. The molecule has 17 heavy (non-hydrogen) atoms. The van der Waals surface area contributed by atoms with Crippen molar-refractivity contribution in [3.05, 3.63) is 18.2 Å². The van der Waals surface area contributed by atoms with Crippen molar-refractivity contribution in [3.63, 3.8) is 0 Å². The van der Waals surface area contributed by atoms with Crippen LogP contribution in [0.2, 0.25) is 0 Å². The van der Waals surface area contributed by atoms with E-state index in [9.17, 15) is 22.7 Å². The van der Waals surface area contributed by atoms with E-state index in [1.165, 1.54) is 6.92 Å². The van der Waals surface area contributed by atoms with Crippen molar-refractivity contribution >= 4 is 0 Å². The molecule has 0 unspecified atom stereocenters. The van der Waals surface area contributed by atoms with Gasteiger partial charge >= 0.3 is 12.0 Å². The third-order valence-corrected chi connectivity index (χ3v) is 3.53. The van der Waals surface area contributed by atoms with E-state index in [0.29, 0.717) is 0 Å². The highest BCUT2D eigenvalue weighted by molar-refractivity contribution is 5.17. The van der Waals surface area contributed by atoms with Gasteiger partial charge in [-0.25, -0.2) is 4.98 Å². The highest BCUT2D eigenvalue weighted by Crippen LogP contribution is 2.55. The van der Waals surface area contributed by atoms with Gasteiger partial charge in [0.15, 0.2) is 0 Å². The number of imidazole rings is 1. The molecule has 0 aliphatic carbocycles. The molecule has 1 N–H and O–H groups in total. The molecule has 7 heteroatoms. The molecule has 0 aromatic carbocycles. The van der Waals surface area contributed by atoms with Gasteiger partial charge in [-0.05, 0) is 6.42 Å². The summed E-state index contributed by atoms with van der Waals surface area (Å²) in [5.74, 6) is -6.65. The summed E-state index contributed by atoms with van der Waals surface area (Å²) in [5.41, 5.74) is -2.05. The zero-order chi connectivity index (χ0) is 13.1. The lowest BCUT2D eigenvalue weighted by atomic mass is 9.77. The van der Waals surface area contributed by atoms with Gasteiger partial charge in [-0.15, -0.1) is 0 Å². The van der Waals surface area contributed by atoms with Crippen LogP contribution in [0.15, 0.2) is 12.4 Å². The van der Waals surface area contributed by atoms with E-state index >= 15 is 0 Å². The van der Waals surface area contributed by atoms with E-state index in [1.54, 1.807) is 0 Å². The van der Waals surface area contributed by atoms with E-state index in [2.05, 4.69) is 4.98 Å². The van der Waals surface area contributed by atoms with Crippen molar-refractivity contribution in [2.24, 2.45) is 5.92 Å². The number of hydrogen-bond acceptors (Lipinski definition) is 2. The first kappa shape index (κ1) is 12.3. The van der Waals surface area contributed by atoms with Crippen molar-refractivity contribution in [1.82, 2.24) is 9.55 Å². The number of alkyl halides is 4. The summed E-state index contributed by atoms with van der Waals surface area (Å²) in [4.78, 5) is 3.59. The number of aromatic nitrogens is 2. The second-order valence-electron chi connectivity index (χ2n) is 4.28. The zero-order valence-corrected chi connectivity index (χ0v) is 9.29. The fourth-order valence-corrected chi connectivity index (χ4v) is 2.23. The average Bonchev–Trinajstić information content (AvgIpc) is 2.75. The summed E-state index contributed by atoms with van der Waals surface area (Å²) in [6.07, 6.45) is 1.63. The molecule has 0 fully saturated rings. The smallest absolute Gasteiger partial charge is 0.381 e. The molecule has 0 amide bonds. The van der Waals surface area contributed by atoms with Gasteiger partial charge in [-0.2, -0.15) is 17.6 Å². The van der Waals surface area contributed by atoms with Crippen molar-refractivity contribution < 1.29 is 22.7 Å². The standard InChI is InChI=1S/C10H12F4N2O/c1-3-8(17)6(2)9(11,12)10(13,14)16-5-4-15-7(8)16/h4-6,17H,3H2,1-2H3/t6-,8+/m0/s1. The molecule has 96 valence electrons. The number of fused-ring (bicyclic) bond motifs is 1. The van der Waals surface area contributed by atoms with Gasteiger partial charge in [-0.3, -0.25) is 4.57 Å². The fraction of sp³-hybridized carbons (Fsp3) is 0.700. The summed E-state index contributed by atoms with van der Waals surface area (Å²) >= 11 is 0. The van der Waals surface area contributed by atoms with Crippen molar-refractivity contribution in [3.8, 4) is 0 Å². The molecule has 2 atom stereocenters. The van der Waals surface area contributed by atoms with Gasteiger partial charge in [0.05, 0.1) is 5.92 Å². The predicted octanol–water partition coefficient (Wildman–Crippen LogP) is 2.32. The van der Waals surface area contributed by atoms with Crippen LogP contribution in [0.5, 0.6) is 0 Å². The van der Waals surface area contributed by atoms with Crippen molar-refractivity contribution in [1.29, 1.82) is 0 Å². The lowest BCUT2D eigenvalue weighted by Gasteiger charge is -2.45. The number of rotatable bonds is 1. The predicted molar refractivity (Wildman–Crippen MR) is 50.7 cm³/mol. The van der Waals surface area contributed by atoms with Gasteiger partial charge in [0.2, 0.25) is 0 Å². The van der Waals surface area contributed by atoms with E-state index in [4.69, 9.17) is 0 Å². The molecular formula is C10H12F4N2O. The molecule has 1 aromatic heterocycles. The molecule has 1 aliphatic heterocycles. The SMILES string of the molecule is CC[C@]1(O)c2nccn2C(F)(F)C(F)(F)[C@H]1C. The lowest BCUT2D eigenvalue weighted by molar-refractivity contribution is -0.326. The molecule has 2 heterocycles. The Labute approximate surface area is 95.1 Å². The first-order valence-corrected chi connectivity index (χ1v) is 5.22. The molecule has 2 rings (SSSR count). The fourth-order valence-electron chi connectivity index (χ4n) is 2.23. The van der Waals surface area contributed by atoms with Gasteiger partial charge in [-0.1, -0.05) is 13.8 Å². The minimum absolute atomic E-state index is 0.0660. The van der Waals surface area contributed by atoms with E-state index in [1.807, 2.05) is 0 Å². The Balaban J connectivity index is 2.73. The third kappa shape index (κ3) is 1.23. The monoisotopic (exact) mass is 252 g/mol. The van der Waals surface area contributed by atoms with Gasteiger partial charge in [0, 0.05) is 12.4 Å². The Morgan fingerprint density at radius 1 is 1.41 bits per heavy atom. The maximum Gasteiger partial charge on any atom is 0.393 e. The van der Waals surface area contributed by atoms with Crippen LogP contribution in [0, 0.1) is 5.92 Å². The number of aliphatic hydroxyl groups is 1. The second-order valence-corrected chi connectivity index (χ2v) is 4.28. The van der Waals surface area contributed by atoms with Crippen LogP contribution in [0.4, 0.5) is 17.6 Å². The maximum absolute atomic E-state index is 13.7. The molecular weight excluding hydrogens is 240 g/mol. The Morgan fingerprint density at radius 3 is 2.53 bits per heavy atom. The molecule has 1 aliphatic rings. The quantitative estimate of drug-likeness (QED) is 0.779. The first-order chi connectivity index (χ1) is 7.69. The largest absolute Gasteiger partial charge is 0.393 e. The lowest BCUT2D eigenvalue weighted by Crippen LogP contribution is -2.60. The summed E-state index contributed by atoms with van der Waals surface area (Å²) in [7, 11) is 0. The molecule has 3 nitrogen and oxygen atoms in total. The summed E-state index contributed by atoms with van der Waals surface area (Å²) in [6.45, 7) is 2.37. The van der Waals surface area contributed by atoms with E-state index in [-0.39, 0.29) is 11.0 Å². The topological polar surface area (TPSA) is 38.1 Å². The molecule has 1 aromatic rings. The number of halogens is 4. The highest BCUT2D eigenvalue weighted by atomic mass is 19.3. The van der Waals surface area contributed by atoms with E-state index in [0.717, 1.165) is 19.3 Å². The Hall–Kier alpha value is -1.11. The second kappa shape index (κ2) is 3.22. The van der Waals surface area contributed by atoms with Crippen LogP contribution in [0.1, 0.15) is 26.1 Å². The molecule has 0 saturated carbocycles. The number of hydrogen-bond donors (Lipinski definition) is 1. The van der Waals surface area contributed by atoms with Crippen LogP contribution in [-0.2, 0) is 11.6 Å². The number of nitrogens with zero attached hydrogens (tertiary/aromatic N) is 2. The van der Waals surface area contributed by atoms with Crippen LogP contribution < -0.4 is 0 Å².